The maximum absolute atomic E-state index is 12.1. The predicted octanol–water partition coefficient (Wildman–Crippen LogP) is 5.91. The van der Waals surface area contributed by atoms with E-state index >= 15 is 0 Å². The lowest BCUT2D eigenvalue weighted by Gasteiger charge is -2.19. The van der Waals surface area contributed by atoms with Gasteiger partial charge in [-0.3, -0.25) is 0 Å². The molecule has 0 fully saturated rings. The third-order valence-electron chi connectivity index (χ3n) is 3.54. The van der Waals surface area contributed by atoms with Crippen LogP contribution in [0.1, 0.15) is 12.0 Å². The van der Waals surface area contributed by atoms with Crippen molar-refractivity contribution in [3.8, 4) is 5.75 Å². The zero-order valence-corrected chi connectivity index (χ0v) is 16.3. The lowest BCUT2D eigenvalue weighted by molar-refractivity contribution is -0.274. The molecule has 2 aromatic carbocycles. The van der Waals surface area contributed by atoms with E-state index in [0.29, 0.717) is 22.2 Å². The normalized spacial score (nSPS) is 15.1. The highest BCUT2D eigenvalue weighted by Gasteiger charge is 2.31. The molecule has 2 amide bonds. The molecule has 0 saturated carbocycles. The highest BCUT2D eigenvalue weighted by molar-refractivity contribution is 7.99. The van der Waals surface area contributed by atoms with E-state index in [1.54, 1.807) is 23.9 Å². The van der Waals surface area contributed by atoms with Crippen molar-refractivity contribution in [1.29, 1.82) is 0 Å². The molecular weight excluding hydrogens is 438 g/mol. The molecule has 1 aliphatic rings. The summed E-state index contributed by atoms with van der Waals surface area (Å²) in [6, 6.07) is 7.46. The molecule has 148 valence electrons. The molecule has 0 radical (unpaired) electrons. The number of hydrazone groups is 1. The van der Waals surface area contributed by atoms with Crippen LogP contribution in [0.15, 0.2) is 46.4 Å². The second-order valence-electron chi connectivity index (χ2n) is 5.56. The van der Waals surface area contributed by atoms with Gasteiger partial charge < -0.3 is 10.1 Å². The summed E-state index contributed by atoms with van der Waals surface area (Å²) in [5.74, 6) is 0.362. The molecule has 0 bridgehead atoms. The molecule has 0 unspecified atom stereocenters. The second kappa shape index (κ2) is 8.50. The highest BCUT2D eigenvalue weighted by atomic mass is 35.5. The number of benzene rings is 2. The number of nitrogens with zero attached hydrogens (tertiary/aromatic N) is 1. The number of alkyl halides is 3. The number of urea groups is 1. The summed E-state index contributed by atoms with van der Waals surface area (Å²) in [6.07, 6.45) is -4.17. The maximum Gasteiger partial charge on any atom is 0.573 e. The van der Waals surface area contributed by atoms with Gasteiger partial charge in [0.1, 0.15) is 5.75 Å². The summed E-state index contributed by atoms with van der Waals surface area (Å²) in [5, 5.41) is 7.57. The molecule has 1 aliphatic heterocycles. The minimum atomic E-state index is -4.78. The van der Waals surface area contributed by atoms with E-state index in [-0.39, 0.29) is 11.4 Å². The highest BCUT2D eigenvalue weighted by Crippen LogP contribution is 2.38. The molecule has 1 heterocycles. The van der Waals surface area contributed by atoms with E-state index in [4.69, 9.17) is 23.2 Å². The van der Waals surface area contributed by atoms with Crippen molar-refractivity contribution in [3.05, 3.63) is 52.0 Å². The summed E-state index contributed by atoms with van der Waals surface area (Å²) in [4.78, 5) is 12.9. The molecule has 5 nitrogen and oxygen atoms in total. The lowest BCUT2D eigenvalue weighted by Crippen LogP contribution is -2.26. The van der Waals surface area contributed by atoms with Gasteiger partial charge in [0.15, 0.2) is 0 Å². The number of carbonyl (C=O) groups excluding carboxylic acids is 1. The Kier molecular flexibility index (Phi) is 6.26. The minimum Gasteiger partial charge on any atom is -0.406 e. The number of anilines is 1. The van der Waals surface area contributed by atoms with E-state index in [9.17, 15) is 18.0 Å². The van der Waals surface area contributed by atoms with Crippen molar-refractivity contribution < 1.29 is 22.7 Å². The Labute approximate surface area is 172 Å². The first kappa shape index (κ1) is 20.6. The van der Waals surface area contributed by atoms with Crippen LogP contribution in [0.3, 0.4) is 0 Å². The standard InChI is InChI=1S/C17H12Cl2F3N3O2S/c18-9-7-12-14(5-6-28-15(12)13(19)8-9)24-25-16(26)23-10-1-3-11(4-2-10)27-17(20,21)22/h1-4,7-8H,5-6H2,(H2,23,25,26)/b24-14+. The van der Waals surface area contributed by atoms with Gasteiger partial charge in [0.05, 0.1) is 10.7 Å². The van der Waals surface area contributed by atoms with Crippen LogP contribution >= 0.6 is 35.0 Å². The summed E-state index contributed by atoms with van der Waals surface area (Å²) in [5.41, 5.74) is 4.02. The van der Waals surface area contributed by atoms with Gasteiger partial charge in [0.25, 0.3) is 0 Å². The molecular formula is C17H12Cl2F3N3O2S. The molecule has 0 aliphatic carbocycles. The molecule has 2 aromatic rings. The largest absolute Gasteiger partial charge is 0.573 e. The van der Waals surface area contributed by atoms with Gasteiger partial charge in [-0.05, 0) is 36.4 Å². The van der Waals surface area contributed by atoms with E-state index in [1.807, 2.05) is 0 Å². The number of hydrogen-bond acceptors (Lipinski definition) is 4. The third kappa shape index (κ3) is 5.46. The van der Waals surface area contributed by atoms with Gasteiger partial charge >= 0.3 is 12.4 Å². The van der Waals surface area contributed by atoms with Crippen LogP contribution < -0.4 is 15.5 Å². The first-order valence-electron chi connectivity index (χ1n) is 7.83. The quantitative estimate of drug-likeness (QED) is 0.572. The number of fused-ring (bicyclic) bond motifs is 1. The Morgan fingerprint density at radius 1 is 1.18 bits per heavy atom. The van der Waals surface area contributed by atoms with Gasteiger partial charge in [-0.15, -0.1) is 24.9 Å². The summed E-state index contributed by atoms with van der Waals surface area (Å²) >= 11 is 13.8. The monoisotopic (exact) mass is 449 g/mol. The Hall–Kier alpha value is -2.10. The number of nitrogens with one attached hydrogen (secondary N) is 2. The average Bonchev–Trinajstić information content (AvgIpc) is 2.60. The number of rotatable bonds is 3. The number of carbonyl (C=O) groups is 1. The lowest BCUT2D eigenvalue weighted by atomic mass is 10.1. The number of amides is 2. The predicted molar refractivity (Wildman–Crippen MR) is 104 cm³/mol. The number of hydrogen-bond donors (Lipinski definition) is 2. The molecule has 0 atom stereocenters. The Morgan fingerprint density at radius 2 is 1.89 bits per heavy atom. The van der Waals surface area contributed by atoms with Crippen LogP contribution in [-0.2, 0) is 0 Å². The van der Waals surface area contributed by atoms with Gasteiger partial charge in [0, 0.05) is 33.3 Å². The SMILES string of the molecule is O=C(N/N=C1\CCSc2c(Cl)cc(Cl)cc21)Nc1ccc(OC(F)(F)F)cc1. The first-order chi connectivity index (χ1) is 13.2. The van der Waals surface area contributed by atoms with Gasteiger partial charge in [0.2, 0.25) is 0 Å². The Bertz CT molecular complexity index is 921. The van der Waals surface area contributed by atoms with Crippen LogP contribution in [0.25, 0.3) is 0 Å². The molecule has 0 aromatic heterocycles. The van der Waals surface area contributed by atoms with Crippen LogP contribution in [0.4, 0.5) is 23.7 Å². The van der Waals surface area contributed by atoms with Crippen LogP contribution in [0.2, 0.25) is 10.0 Å². The van der Waals surface area contributed by atoms with Gasteiger partial charge in [-0.1, -0.05) is 23.2 Å². The molecule has 11 heteroatoms. The van der Waals surface area contributed by atoms with Crippen molar-refractivity contribution in [2.75, 3.05) is 11.1 Å². The molecule has 2 N–H and O–H groups in total. The maximum atomic E-state index is 12.1. The fourth-order valence-corrected chi connectivity index (χ4v) is 4.12. The van der Waals surface area contributed by atoms with Crippen LogP contribution in [0.5, 0.6) is 5.75 Å². The van der Waals surface area contributed by atoms with Crippen molar-refractivity contribution in [2.45, 2.75) is 17.7 Å². The van der Waals surface area contributed by atoms with Gasteiger partial charge in [-0.25, -0.2) is 10.2 Å². The average molecular weight is 450 g/mol. The Morgan fingerprint density at radius 3 is 2.57 bits per heavy atom. The minimum absolute atomic E-state index is 0.276. The van der Waals surface area contributed by atoms with Crippen molar-refractivity contribution in [3.63, 3.8) is 0 Å². The molecule has 0 saturated heterocycles. The zero-order chi connectivity index (χ0) is 20.3. The van der Waals surface area contributed by atoms with E-state index < -0.39 is 12.4 Å². The fraction of sp³-hybridized carbons (Fsp3) is 0.176. The fourth-order valence-electron chi connectivity index (χ4n) is 2.44. The van der Waals surface area contributed by atoms with E-state index in [2.05, 4.69) is 20.6 Å². The summed E-state index contributed by atoms with van der Waals surface area (Å²) < 4.78 is 40.2. The second-order valence-corrected chi connectivity index (χ2v) is 7.51. The number of thioether (sulfide) groups is 1. The summed E-state index contributed by atoms with van der Waals surface area (Å²) in [6.45, 7) is 0. The van der Waals surface area contributed by atoms with Crippen molar-refractivity contribution >= 4 is 52.4 Å². The zero-order valence-electron chi connectivity index (χ0n) is 13.9. The summed E-state index contributed by atoms with van der Waals surface area (Å²) in [7, 11) is 0. The van der Waals surface area contributed by atoms with E-state index in [0.717, 1.165) is 28.3 Å². The number of halogens is 5. The van der Waals surface area contributed by atoms with Crippen molar-refractivity contribution in [1.82, 2.24) is 5.43 Å². The molecule has 28 heavy (non-hydrogen) atoms. The van der Waals surface area contributed by atoms with E-state index in [1.165, 1.54) is 12.1 Å². The third-order valence-corrected chi connectivity index (χ3v) is 5.31. The molecule has 3 rings (SSSR count). The first-order valence-corrected chi connectivity index (χ1v) is 9.57. The smallest absolute Gasteiger partial charge is 0.406 e. The van der Waals surface area contributed by atoms with Crippen molar-refractivity contribution in [2.24, 2.45) is 5.10 Å². The Balaban J connectivity index is 1.65. The number of ether oxygens (including phenoxy) is 1. The van der Waals surface area contributed by atoms with Crippen LogP contribution in [-0.4, -0.2) is 23.9 Å². The topological polar surface area (TPSA) is 62.7 Å². The molecule has 0 spiro atoms. The van der Waals surface area contributed by atoms with Gasteiger partial charge in [-0.2, -0.15) is 5.10 Å². The van der Waals surface area contributed by atoms with Crippen LogP contribution in [0, 0.1) is 0 Å².